The normalized spacial score (nSPS) is 18.0. The largest absolute Gasteiger partial charge is 0.490 e. The Morgan fingerprint density at radius 3 is 2.42 bits per heavy atom. The second-order valence-corrected chi connectivity index (χ2v) is 18.3. The predicted octanol–water partition coefficient (Wildman–Crippen LogP) is 7.45. The lowest BCUT2D eigenvalue weighted by atomic mass is 9.85. The summed E-state index contributed by atoms with van der Waals surface area (Å²) in [6, 6.07) is 8.36. The molecule has 4 heterocycles. The maximum atomic E-state index is 14.9. The molecular formula is C44H56F2N6O6S2. The Kier molecular flexibility index (Phi) is 15.3. The van der Waals surface area contributed by atoms with Gasteiger partial charge in [0.2, 0.25) is 23.5 Å². The number of anilines is 1. The van der Waals surface area contributed by atoms with Crippen LogP contribution in [0.15, 0.2) is 47.3 Å². The summed E-state index contributed by atoms with van der Waals surface area (Å²) in [6.45, 7) is 12.3. The van der Waals surface area contributed by atoms with Crippen molar-refractivity contribution in [2.45, 2.75) is 104 Å². The number of aliphatic hydroxyl groups excluding tert-OH is 1. The number of ether oxygens (including phenoxy) is 2. The second-order valence-electron chi connectivity index (χ2n) is 16.6. The Morgan fingerprint density at radius 1 is 1.00 bits per heavy atom. The van der Waals surface area contributed by atoms with Crippen molar-refractivity contribution in [2.75, 3.05) is 44.4 Å². The van der Waals surface area contributed by atoms with Crippen LogP contribution in [0.3, 0.4) is 0 Å². The highest BCUT2D eigenvalue weighted by molar-refractivity contribution is 7.14. The molecule has 2 aromatic heterocycles. The van der Waals surface area contributed by atoms with Crippen LogP contribution in [0.2, 0.25) is 0 Å². The summed E-state index contributed by atoms with van der Waals surface area (Å²) in [4.78, 5) is 54.5. The minimum Gasteiger partial charge on any atom is -0.490 e. The molecule has 0 aliphatic carbocycles. The number of hydrogen-bond acceptors (Lipinski definition) is 11. The number of nitrogens with zero attached hydrogens (tertiary/aromatic N) is 4. The highest BCUT2D eigenvalue weighted by atomic mass is 32.1. The van der Waals surface area contributed by atoms with Crippen LogP contribution in [0.25, 0.3) is 21.7 Å². The first-order valence-electron chi connectivity index (χ1n) is 20.7. The molecule has 2 aromatic carbocycles. The number of likely N-dealkylation sites (tertiary alicyclic amines) is 1. The van der Waals surface area contributed by atoms with Gasteiger partial charge in [-0.3, -0.25) is 14.4 Å². The van der Waals surface area contributed by atoms with Gasteiger partial charge in [0.1, 0.15) is 12.1 Å². The van der Waals surface area contributed by atoms with Gasteiger partial charge < -0.3 is 35.0 Å². The highest BCUT2D eigenvalue weighted by Crippen LogP contribution is 2.37. The van der Waals surface area contributed by atoms with Crippen LogP contribution in [0.5, 0.6) is 5.75 Å². The Bertz CT molecular complexity index is 2080. The van der Waals surface area contributed by atoms with Crippen molar-refractivity contribution in [3.63, 3.8) is 0 Å². The maximum Gasteiger partial charge on any atom is 0.246 e. The smallest absolute Gasteiger partial charge is 0.246 e. The molecule has 12 nitrogen and oxygen atoms in total. The number of carbonyl (C=O) groups is 3. The first kappa shape index (κ1) is 45.0. The lowest BCUT2D eigenvalue weighted by molar-refractivity contribution is -0.144. The molecule has 6 rings (SSSR count). The van der Waals surface area contributed by atoms with E-state index in [9.17, 15) is 28.3 Å². The van der Waals surface area contributed by atoms with Gasteiger partial charge >= 0.3 is 0 Å². The van der Waals surface area contributed by atoms with Gasteiger partial charge in [0.15, 0.2) is 16.7 Å². The van der Waals surface area contributed by atoms with Crippen LogP contribution in [0.1, 0.15) is 89.9 Å². The number of unbranched alkanes of at least 4 members (excludes halogenated alkanes) is 4. The van der Waals surface area contributed by atoms with Crippen molar-refractivity contribution in [3.05, 3.63) is 70.2 Å². The maximum absolute atomic E-state index is 14.9. The van der Waals surface area contributed by atoms with Gasteiger partial charge in [-0.2, -0.15) is 4.39 Å². The number of β-amino-alcohol motifs (C(OH)–C–C–N with tert-alkyl or cyclic N) is 1. The summed E-state index contributed by atoms with van der Waals surface area (Å²) in [6.07, 6.45) is 2.93. The Hall–Kier alpha value is -4.51. The summed E-state index contributed by atoms with van der Waals surface area (Å²) in [5.41, 5.74) is 4.98. The fourth-order valence-electron chi connectivity index (χ4n) is 7.50. The molecule has 16 heteroatoms. The van der Waals surface area contributed by atoms with E-state index in [0.29, 0.717) is 37.3 Å². The quantitative estimate of drug-likeness (QED) is 0.0922. The summed E-state index contributed by atoms with van der Waals surface area (Å²) >= 11 is 3.01. The second kappa shape index (κ2) is 20.4. The summed E-state index contributed by atoms with van der Waals surface area (Å²) in [5.74, 6) is -3.22. The number of thiazole rings is 2. The Morgan fingerprint density at radius 2 is 1.72 bits per heavy atom. The van der Waals surface area contributed by atoms with Gasteiger partial charge in [0.05, 0.1) is 53.7 Å². The number of hydrogen-bond donors (Lipinski definition) is 3. The molecule has 4 aromatic rings. The standard InChI is InChI=1S/C44H56F2N6O6S2/c1-27(29-12-14-30(15-13-29)39-28(2)47-26-60-39)48-41(55)35-23-31(53)24-52(35)42(56)40(44(3,4)5)50-36(54)11-9-7-6-8-10-20-58-38-32(16-17-33(45)37(38)46)34-25-59-43(49-34)51-18-21-57-22-19-51/h12-17,25-27,31,35,40,53H,6-11,18-24H2,1-5H3,(H,48,55)(H,50,54)/t27?,31-,35+,40-/m1/s1. The molecule has 3 N–H and O–H groups in total. The molecule has 1 unspecified atom stereocenters. The van der Waals surface area contributed by atoms with Crippen molar-refractivity contribution in [1.82, 2.24) is 25.5 Å². The molecule has 0 spiro atoms. The van der Waals surface area contributed by atoms with Crippen LogP contribution in [0.4, 0.5) is 13.9 Å². The van der Waals surface area contributed by atoms with Crippen LogP contribution in [0, 0.1) is 24.0 Å². The summed E-state index contributed by atoms with van der Waals surface area (Å²) in [7, 11) is 0. The number of nitrogens with one attached hydrogen (secondary N) is 2. The number of aromatic nitrogens is 2. The van der Waals surface area contributed by atoms with E-state index >= 15 is 0 Å². The average molecular weight is 867 g/mol. The zero-order chi connectivity index (χ0) is 43.0. The fraction of sp³-hybridized carbons (Fsp3) is 0.523. The van der Waals surface area contributed by atoms with Gasteiger partial charge in [-0.25, -0.2) is 14.4 Å². The van der Waals surface area contributed by atoms with E-state index in [1.54, 1.807) is 11.3 Å². The minimum atomic E-state index is -1.04. The van der Waals surface area contributed by atoms with Crippen molar-refractivity contribution < 1.29 is 37.7 Å². The van der Waals surface area contributed by atoms with Crippen molar-refractivity contribution in [3.8, 4) is 27.4 Å². The number of aliphatic hydroxyl groups is 1. The van der Waals surface area contributed by atoms with Crippen LogP contribution in [-0.2, 0) is 19.1 Å². The minimum absolute atomic E-state index is 0.00570. The third-order valence-electron chi connectivity index (χ3n) is 11.0. The highest BCUT2D eigenvalue weighted by Gasteiger charge is 2.44. The molecule has 324 valence electrons. The molecule has 2 aliphatic heterocycles. The van der Waals surface area contributed by atoms with E-state index in [0.717, 1.165) is 65.2 Å². The molecule has 2 fully saturated rings. The molecule has 0 saturated carbocycles. The zero-order valence-electron chi connectivity index (χ0n) is 35.0. The van der Waals surface area contributed by atoms with E-state index in [1.807, 2.05) is 69.8 Å². The summed E-state index contributed by atoms with van der Waals surface area (Å²) in [5, 5.41) is 19.2. The number of aryl methyl sites for hydroxylation is 1. The molecule has 0 bridgehead atoms. The van der Waals surface area contributed by atoms with E-state index in [-0.39, 0.29) is 49.6 Å². The summed E-state index contributed by atoms with van der Waals surface area (Å²) < 4.78 is 40.4. The topological polar surface area (TPSA) is 146 Å². The Balaban J connectivity index is 0.946. The predicted molar refractivity (Wildman–Crippen MR) is 230 cm³/mol. The third kappa shape index (κ3) is 11.2. The first-order valence-corrected chi connectivity index (χ1v) is 22.4. The molecular weight excluding hydrogens is 811 g/mol. The van der Waals surface area contributed by atoms with Gasteiger partial charge in [-0.05, 0) is 55.4 Å². The molecule has 60 heavy (non-hydrogen) atoms. The number of benzene rings is 2. The van der Waals surface area contributed by atoms with Gasteiger partial charge in [-0.15, -0.1) is 22.7 Å². The number of rotatable bonds is 17. The van der Waals surface area contributed by atoms with E-state index < -0.39 is 41.1 Å². The van der Waals surface area contributed by atoms with Gasteiger partial charge in [-0.1, -0.05) is 64.3 Å². The number of morpholine rings is 1. The fourth-order valence-corrected chi connectivity index (χ4v) is 9.19. The van der Waals surface area contributed by atoms with Crippen molar-refractivity contribution >= 4 is 45.5 Å². The molecule has 3 amide bonds. The SMILES string of the molecule is Cc1ncsc1-c1ccc(C(C)NC(=O)[C@@H]2C[C@@H](O)CN2C(=O)[C@@H](NC(=O)CCCCCCCOc2c(-c3csc(N4CCOCC4)n3)ccc(F)c2F)C(C)(C)C)cc1. The van der Waals surface area contributed by atoms with Crippen molar-refractivity contribution in [2.24, 2.45) is 5.41 Å². The van der Waals surface area contributed by atoms with E-state index in [1.165, 1.54) is 22.3 Å². The van der Waals surface area contributed by atoms with Gasteiger partial charge in [0.25, 0.3) is 0 Å². The number of carbonyl (C=O) groups excluding carboxylic acids is 3. The average Bonchev–Trinajstić information content (AvgIpc) is 3.99. The lowest BCUT2D eigenvalue weighted by Crippen LogP contribution is -2.57. The molecule has 2 saturated heterocycles. The zero-order valence-corrected chi connectivity index (χ0v) is 36.6. The third-order valence-corrected chi connectivity index (χ3v) is 12.8. The monoisotopic (exact) mass is 866 g/mol. The molecule has 2 aliphatic rings. The number of halogens is 2. The van der Waals surface area contributed by atoms with E-state index in [2.05, 4.69) is 25.5 Å². The van der Waals surface area contributed by atoms with E-state index in [4.69, 9.17) is 9.47 Å². The Labute approximate surface area is 358 Å². The van der Waals surface area contributed by atoms with Crippen LogP contribution < -0.4 is 20.3 Å². The molecule has 4 atom stereocenters. The van der Waals surface area contributed by atoms with Crippen LogP contribution >= 0.6 is 22.7 Å². The number of amides is 3. The van der Waals surface area contributed by atoms with Crippen LogP contribution in [-0.4, -0.2) is 95.3 Å². The van der Waals surface area contributed by atoms with Gasteiger partial charge in [0, 0.05) is 43.4 Å². The van der Waals surface area contributed by atoms with Crippen molar-refractivity contribution in [1.29, 1.82) is 0 Å². The first-order chi connectivity index (χ1) is 28.7. The molecule has 0 radical (unpaired) electrons. The lowest BCUT2D eigenvalue weighted by Gasteiger charge is -2.35.